The normalized spacial score (nSPS) is 22.5. The molecule has 0 aromatic carbocycles. The van der Waals surface area contributed by atoms with Crippen molar-refractivity contribution in [2.45, 2.75) is 69.4 Å². The highest BCUT2D eigenvalue weighted by atomic mass is 32.2. The van der Waals surface area contributed by atoms with Gasteiger partial charge in [0.1, 0.15) is 4.90 Å². The maximum atomic E-state index is 12.6. The molecule has 0 radical (unpaired) electrons. The highest BCUT2D eigenvalue weighted by molar-refractivity contribution is 7.89. The zero-order valence-electron chi connectivity index (χ0n) is 13.4. The molecule has 0 spiro atoms. The minimum atomic E-state index is -3.48. The van der Waals surface area contributed by atoms with Gasteiger partial charge in [0, 0.05) is 12.1 Å². The molecular formula is C15H26N4O2S. The Bertz CT molecular complexity index is 592. The van der Waals surface area contributed by atoms with Gasteiger partial charge in [-0.1, -0.05) is 12.8 Å². The minimum absolute atomic E-state index is 0.0383. The lowest BCUT2D eigenvalue weighted by Crippen LogP contribution is -2.47. The van der Waals surface area contributed by atoms with Crippen molar-refractivity contribution in [3.05, 3.63) is 11.4 Å². The van der Waals surface area contributed by atoms with Crippen LogP contribution in [0.2, 0.25) is 0 Å². The average molecular weight is 326 g/mol. The third-order valence-corrected chi connectivity index (χ3v) is 6.80. The lowest BCUT2D eigenvalue weighted by Gasteiger charge is -2.36. The molecule has 1 saturated carbocycles. The standard InChI is InChI=1S/C15H26N4O2S/c1-11-15(12(2)17-16-11)22(20,21)18-13-7-9-19(10-8-13)14-5-3-4-6-14/h13-14,18H,3-10H2,1-2H3,(H,16,17). The van der Waals surface area contributed by atoms with Crippen molar-refractivity contribution in [2.24, 2.45) is 0 Å². The Kier molecular flexibility index (Phi) is 4.56. The van der Waals surface area contributed by atoms with Gasteiger partial charge < -0.3 is 4.90 Å². The molecule has 0 unspecified atom stereocenters. The fourth-order valence-corrected chi connectivity index (χ4v) is 5.54. The zero-order chi connectivity index (χ0) is 15.7. The van der Waals surface area contributed by atoms with Crippen LogP contribution in [-0.4, -0.2) is 48.7 Å². The van der Waals surface area contributed by atoms with E-state index in [1.54, 1.807) is 13.8 Å². The Labute approximate surface area is 132 Å². The van der Waals surface area contributed by atoms with Gasteiger partial charge in [0.15, 0.2) is 0 Å². The molecule has 2 aliphatic rings. The summed E-state index contributed by atoms with van der Waals surface area (Å²) in [6.45, 7) is 5.47. The summed E-state index contributed by atoms with van der Waals surface area (Å²) in [4.78, 5) is 2.86. The van der Waals surface area contributed by atoms with Crippen LogP contribution < -0.4 is 4.72 Å². The van der Waals surface area contributed by atoms with Crippen molar-refractivity contribution in [3.63, 3.8) is 0 Å². The number of hydrogen-bond acceptors (Lipinski definition) is 4. The van der Waals surface area contributed by atoms with Crippen LogP contribution in [0.3, 0.4) is 0 Å². The minimum Gasteiger partial charge on any atom is -0.300 e. The second-order valence-electron chi connectivity index (χ2n) is 6.63. The Morgan fingerprint density at radius 2 is 1.77 bits per heavy atom. The molecule has 2 fully saturated rings. The van der Waals surface area contributed by atoms with Gasteiger partial charge in [0.2, 0.25) is 10.0 Å². The molecule has 22 heavy (non-hydrogen) atoms. The molecule has 1 aliphatic heterocycles. The zero-order valence-corrected chi connectivity index (χ0v) is 14.2. The van der Waals surface area contributed by atoms with E-state index in [1.165, 1.54) is 25.7 Å². The smallest absolute Gasteiger partial charge is 0.244 e. The van der Waals surface area contributed by atoms with Crippen LogP contribution >= 0.6 is 0 Å². The van der Waals surface area contributed by atoms with Crippen LogP contribution in [0.5, 0.6) is 0 Å². The molecule has 2 N–H and O–H groups in total. The van der Waals surface area contributed by atoms with E-state index in [0.717, 1.165) is 32.0 Å². The first-order valence-electron chi connectivity index (χ1n) is 8.25. The first-order chi connectivity index (χ1) is 10.5. The Hall–Kier alpha value is -0.920. The van der Waals surface area contributed by atoms with Gasteiger partial charge in [0.25, 0.3) is 0 Å². The van der Waals surface area contributed by atoms with E-state index in [4.69, 9.17) is 0 Å². The predicted molar refractivity (Wildman–Crippen MR) is 85.2 cm³/mol. The summed E-state index contributed by atoms with van der Waals surface area (Å²) in [5.41, 5.74) is 1.14. The van der Waals surface area contributed by atoms with Crippen LogP contribution in [-0.2, 0) is 10.0 Å². The molecule has 1 aliphatic carbocycles. The maximum Gasteiger partial charge on any atom is 0.244 e. The molecule has 0 amide bonds. The van der Waals surface area contributed by atoms with Crippen LogP contribution in [0.4, 0.5) is 0 Å². The first-order valence-corrected chi connectivity index (χ1v) is 9.73. The fourth-order valence-electron chi connectivity index (χ4n) is 3.87. The molecule has 0 atom stereocenters. The quantitative estimate of drug-likeness (QED) is 0.883. The maximum absolute atomic E-state index is 12.6. The SMILES string of the molecule is Cc1n[nH]c(C)c1S(=O)(=O)NC1CCN(C2CCCC2)CC1. The van der Waals surface area contributed by atoms with Gasteiger partial charge in [0.05, 0.1) is 11.4 Å². The highest BCUT2D eigenvalue weighted by Crippen LogP contribution is 2.26. The van der Waals surface area contributed by atoms with E-state index >= 15 is 0 Å². The lowest BCUT2D eigenvalue weighted by molar-refractivity contribution is 0.151. The summed E-state index contributed by atoms with van der Waals surface area (Å²) in [5.74, 6) is 0. The summed E-state index contributed by atoms with van der Waals surface area (Å²) < 4.78 is 28.0. The summed E-state index contributed by atoms with van der Waals surface area (Å²) in [7, 11) is -3.48. The monoisotopic (exact) mass is 326 g/mol. The number of piperidine rings is 1. The number of rotatable bonds is 4. The third-order valence-electron chi connectivity index (χ3n) is 5.02. The second-order valence-corrected chi connectivity index (χ2v) is 8.28. The van der Waals surface area contributed by atoms with Crippen LogP contribution in [0, 0.1) is 13.8 Å². The molecule has 124 valence electrons. The fraction of sp³-hybridized carbons (Fsp3) is 0.800. The molecule has 2 heterocycles. The number of aromatic amines is 1. The van der Waals surface area contributed by atoms with Crippen LogP contribution in [0.15, 0.2) is 4.90 Å². The number of H-pyrrole nitrogens is 1. The summed E-state index contributed by atoms with van der Waals surface area (Å²) in [6.07, 6.45) is 7.09. The molecule has 1 aromatic rings. The van der Waals surface area contributed by atoms with E-state index in [9.17, 15) is 8.42 Å². The van der Waals surface area contributed by atoms with E-state index < -0.39 is 10.0 Å². The lowest BCUT2D eigenvalue weighted by atomic mass is 10.0. The van der Waals surface area contributed by atoms with Gasteiger partial charge >= 0.3 is 0 Å². The number of sulfonamides is 1. The molecule has 3 rings (SSSR count). The molecule has 1 saturated heterocycles. The summed E-state index contributed by atoms with van der Waals surface area (Å²) in [5, 5.41) is 6.73. The summed E-state index contributed by atoms with van der Waals surface area (Å²) >= 11 is 0. The van der Waals surface area contributed by atoms with Gasteiger partial charge in [-0.2, -0.15) is 5.10 Å². The topological polar surface area (TPSA) is 78.1 Å². The number of nitrogens with zero attached hydrogens (tertiary/aromatic N) is 2. The highest BCUT2D eigenvalue weighted by Gasteiger charge is 2.30. The summed E-state index contributed by atoms with van der Waals surface area (Å²) in [6, 6.07) is 0.771. The first kappa shape index (κ1) is 16.0. The Morgan fingerprint density at radius 1 is 1.14 bits per heavy atom. The average Bonchev–Trinajstić information content (AvgIpc) is 3.09. The van der Waals surface area contributed by atoms with Crippen LogP contribution in [0.25, 0.3) is 0 Å². The van der Waals surface area contributed by atoms with Crippen molar-refractivity contribution in [1.82, 2.24) is 19.8 Å². The number of hydrogen-bond donors (Lipinski definition) is 2. The van der Waals surface area contributed by atoms with Gasteiger partial charge in [-0.25, -0.2) is 13.1 Å². The van der Waals surface area contributed by atoms with E-state index in [-0.39, 0.29) is 6.04 Å². The van der Waals surface area contributed by atoms with Crippen molar-refractivity contribution in [3.8, 4) is 0 Å². The van der Waals surface area contributed by atoms with Crippen molar-refractivity contribution in [1.29, 1.82) is 0 Å². The van der Waals surface area contributed by atoms with Crippen molar-refractivity contribution >= 4 is 10.0 Å². The molecule has 1 aromatic heterocycles. The van der Waals surface area contributed by atoms with Crippen molar-refractivity contribution in [2.75, 3.05) is 13.1 Å². The van der Waals surface area contributed by atoms with E-state index in [2.05, 4.69) is 19.8 Å². The van der Waals surface area contributed by atoms with Crippen LogP contribution in [0.1, 0.15) is 49.9 Å². The molecule has 6 nitrogen and oxygen atoms in total. The molecule has 7 heteroatoms. The largest absolute Gasteiger partial charge is 0.300 e. The van der Waals surface area contributed by atoms with Gasteiger partial charge in [-0.3, -0.25) is 5.10 Å². The number of aryl methyl sites for hydroxylation is 2. The van der Waals surface area contributed by atoms with Gasteiger partial charge in [-0.05, 0) is 52.6 Å². The number of likely N-dealkylation sites (tertiary alicyclic amines) is 1. The van der Waals surface area contributed by atoms with Crippen molar-refractivity contribution < 1.29 is 8.42 Å². The molecule has 0 bridgehead atoms. The Morgan fingerprint density at radius 3 is 2.32 bits per heavy atom. The van der Waals surface area contributed by atoms with Gasteiger partial charge in [-0.15, -0.1) is 0 Å². The number of aromatic nitrogens is 2. The van der Waals surface area contributed by atoms with E-state index in [1.807, 2.05) is 0 Å². The predicted octanol–water partition coefficient (Wildman–Crippen LogP) is 1.71. The van der Waals surface area contributed by atoms with E-state index in [0.29, 0.717) is 16.3 Å². The molecular weight excluding hydrogens is 300 g/mol. The second kappa shape index (κ2) is 6.29. The Balaban J connectivity index is 1.60. The third kappa shape index (κ3) is 3.21. The number of nitrogens with one attached hydrogen (secondary N) is 2.